The molecular weight excluding hydrogens is 1400 g/mol. The van der Waals surface area contributed by atoms with Gasteiger partial charge >= 0.3 is 0 Å². The summed E-state index contributed by atoms with van der Waals surface area (Å²) < 4.78 is 5.13. The zero-order valence-electron chi connectivity index (χ0n) is 60.6. The van der Waals surface area contributed by atoms with Crippen LogP contribution in [0.5, 0.6) is 0 Å². The van der Waals surface area contributed by atoms with E-state index in [4.69, 9.17) is 29.9 Å². The Bertz CT molecular complexity index is 6780. The van der Waals surface area contributed by atoms with E-state index in [9.17, 15) is 0 Å². The van der Waals surface area contributed by atoms with Gasteiger partial charge in [-0.05, 0) is 144 Å². The number of hydrogen-bond acceptors (Lipinski definition) is 8. The van der Waals surface area contributed by atoms with Crippen LogP contribution in [0.1, 0.15) is 44.5 Å². The van der Waals surface area contributed by atoms with Crippen molar-refractivity contribution in [2.24, 2.45) is 0 Å². The van der Waals surface area contributed by atoms with Gasteiger partial charge in [0.2, 0.25) is 0 Å². The van der Waals surface area contributed by atoms with Crippen molar-refractivity contribution in [3.05, 3.63) is 445 Å². The van der Waals surface area contributed by atoms with E-state index in [2.05, 4.69) is 279 Å². The number of fused-ring (bicyclic) bond motifs is 12. The maximum atomic E-state index is 5.01. The lowest BCUT2D eigenvalue weighted by molar-refractivity contribution is 0.770. The Morgan fingerprint density at radius 2 is 0.402 bits per heavy atom. The van der Waals surface area contributed by atoms with Gasteiger partial charge in [0.15, 0.2) is 34.9 Å². The van der Waals surface area contributed by atoms with Crippen LogP contribution in [0, 0.1) is 0 Å². The van der Waals surface area contributed by atoms with Crippen LogP contribution >= 0.6 is 22.7 Å². The molecule has 2 aliphatic rings. The summed E-state index contributed by atoms with van der Waals surface area (Å²) in [5.74, 6) is 3.93. The van der Waals surface area contributed by atoms with E-state index in [1.807, 2.05) is 144 Å². The molecule has 20 aromatic rings. The summed E-state index contributed by atoms with van der Waals surface area (Å²) in [7, 11) is 0. The predicted molar refractivity (Wildman–Crippen MR) is 464 cm³/mol. The number of benzene rings is 16. The van der Waals surface area contributed by atoms with Gasteiger partial charge in [-0.15, -0.1) is 22.7 Å². The minimum Gasteiger partial charge on any atom is -0.208 e. The molecular formula is C104H66N6S2. The molecule has 524 valence electrons. The van der Waals surface area contributed by atoms with E-state index in [1.165, 1.54) is 113 Å². The maximum Gasteiger partial charge on any atom is 0.164 e. The quantitative estimate of drug-likeness (QED) is 0.121. The van der Waals surface area contributed by atoms with Crippen LogP contribution in [-0.4, -0.2) is 29.9 Å². The Morgan fingerprint density at radius 3 is 0.759 bits per heavy atom. The van der Waals surface area contributed by atoms with Gasteiger partial charge in [-0.25, -0.2) is 29.9 Å². The SMILES string of the molecule is c1ccc(-c2nc(-c3ccccc3)nc(-c3ccc(-c4ccc5sc6ccc(C7(c8ccccc8)c8ccccc8-c8ccccc87)cc6c5c4)cc3)n2)cc1.c1ccc(-c2nc(-c3ccccc3)nc(-c3cccc(-c4ccc5sc6ccc(C7(c8ccccc8)c8ccccc8-c8ccccc87)cc6c5c4)c3)n2)cc1. The first kappa shape index (κ1) is 66.2. The van der Waals surface area contributed by atoms with Crippen LogP contribution in [0.2, 0.25) is 0 Å². The Kier molecular flexibility index (Phi) is 16.3. The molecule has 16 aromatic carbocycles. The largest absolute Gasteiger partial charge is 0.208 e. The Hall–Kier alpha value is -14.0. The molecule has 22 rings (SSSR count). The second kappa shape index (κ2) is 27.6. The second-order valence-electron chi connectivity index (χ2n) is 28.7. The van der Waals surface area contributed by atoms with Gasteiger partial charge < -0.3 is 0 Å². The molecule has 4 aromatic heterocycles. The van der Waals surface area contributed by atoms with Crippen LogP contribution in [0.25, 0.3) is 153 Å². The van der Waals surface area contributed by atoms with Crippen LogP contribution in [0.15, 0.2) is 400 Å². The summed E-state index contributed by atoms with van der Waals surface area (Å²) in [5, 5.41) is 5.09. The molecule has 0 radical (unpaired) electrons. The van der Waals surface area contributed by atoms with Crippen molar-refractivity contribution in [1.82, 2.24) is 29.9 Å². The lowest BCUT2D eigenvalue weighted by atomic mass is 9.67. The Labute approximate surface area is 656 Å². The maximum absolute atomic E-state index is 5.01. The summed E-state index contributed by atoms with van der Waals surface area (Å²) >= 11 is 3.71. The average Bonchev–Trinajstić information content (AvgIpc) is 1.54. The first-order valence-electron chi connectivity index (χ1n) is 37.9. The molecule has 112 heavy (non-hydrogen) atoms. The summed E-state index contributed by atoms with van der Waals surface area (Å²) in [6, 6.07) is 144. The third-order valence-corrected chi connectivity index (χ3v) is 24.8. The van der Waals surface area contributed by atoms with Crippen molar-refractivity contribution < 1.29 is 0 Å². The lowest BCUT2D eigenvalue weighted by Gasteiger charge is -2.34. The number of rotatable bonds is 12. The molecule has 0 atom stereocenters. The summed E-state index contributed by atoms with van der Waals surface area (Å²) in [4.78, 5) is 29.7. The zero-order valence-corrected chi connectivity index (χ0v) is 62.2. The molecule has 0 fully saturated rings. The van der Waals surface area contributed by atoms with Crippen molar-refractivity contribution in [2.45, 2.75) is 10.8 Å². The van der Waals surface area contributed by atoms with Crippen molar-refractivity contribution in [3.8, 4) is 113 Å². The number of aromatic nitrogens is 6. The molecule has 6 nitrogen and oxygen atoms in total. The molecule has 0 amide bonds. The molecule has 8 heteroatoms. The van der Waals surface area contributed by atoms with Gasteiger partial charge in [-0.2, -0.15) is 0 Å². The molecule has 4 heterocycles. The van der Waals surface area contributed by atoms with Crippen LogP contribution < -0.4 is 0 Å². The van der Waals surface area contributed by atoms with Gasteiger partial charge in [0.25, 0.3) is 0 Å². The predicted octanol–water partition coefficient (Wildman–Crippen LogP) is 26.5. The molecule has 0 saturated carbocycles. The van der Waals surface area contributed by atoms with Crippen molar-refractivity contribution in [1.29, 1.82) is 0 Å². The highest BCUT2D eigenvalue weighted by atomic mass is 32.1. The summed E-state index contributed by atoms with van der Waals surface area (Å²) in [5.41, 5.74) is 25.1. The Morgan fingerprint density at radius 1 is 0.161 bits per heavy atom. The molecule has 0 unspecified atom stereocenters. The fourth-order valence-electron chi connectivity index (χ4n) is 17.3. The topological polar surface area (TPSA) is 77.3 Å². The second-order valence-corrected chi connectivity index (χ2v) is 30.9. The van der Waals surface area contributed by atoms with Gasteiger partial charge in [-0.3, -0.25) is 0 Å². The number of thiophene rings is 2. The van der Waals surface area contributed by atoms with Gasteiger partial charge in [0.1, 0.15) is 0 Å². The minimum atomic E-state index is -0.440. The molecule has 0 saturated heterocycles. The fraction of sp³-hybridized carbons (Fsp3) is 0.0192. The first-order valence-corrected chi connectivity index (χ1v) is 39.5. The van der Waals surface area contributed by atoms with Gasteiger partial charge in [-0.1, -0.05) is 346 Å². The van der Waals surface area contributed by atoms with E-state index < -0.39 is 10.8 Å². The van der Waals surface area contributed by atoms with E-state index in [-0.39, 0.29) is 0 Å². The highest BCUT2D eigenvalue weighted by Gasteiger charge is 2.47. The first-order chi connectivity index (χ1) is 55.5. The average molecular weight is 1460 g/mol. The number of nitrogens with zero attached hydrogens (tertiary/aromatic N) is 6. The van der Waals surface area contributed by atoms with Crippen LogP contribution in [0.4, 0.5) is 0 Å². The zero-order chi connectivity index (χ0) is 74.1. The van der Waals surface area contributed by atoms with E-state index >= 15 is 0 Å². The van der Waals surface area contributed by atoms with Crippen molar-refractivity contribution in [3.63, 3.8) is 0 Å². The van der Waals surface area contributed by atoms with Crippen LogP contribution in [0.3, 0.4) is 0 Å². The molecule has 0 spiro atoms. The third kappa shape index (κ3) is 11.2. The Balaban J connectivity index is 0.000000141. The van der Waals surface area contributed by atoms with Crippen molar-refractivity contribution in [2.75, 3.05) is 0 Å². The molecule has 0 aliphatic heterocycles. The normalized spacial score (nSPS) is 12.8. The van der Waals surface area contributed by atoms with E-state index in [0.717, 1.165) is 50.1 Å². The molecule has 2 aliphatic carbocycles. The highest BCUT2D eigenvalue weighted by Crippen LogP contribution is 2.59. The summed E-state index contributed by atoms with van der Waals surface area (Å²) in [6.45, 7) is 0. The smallest absolute Gasteiger partial charge is 0.164 e. The fourth-order valence-corrected chi connectivity index (χ4v) is 19.5. The lowest BCUT2D eigenvalue weighted by Crippen LogP contribution is -2.28. The van der Waals surface area contributed by atoms with E-state index in [0.29, 0.717) is 34.9 Å². The van der Waals surface area contributed by atoms with E-state index in [1.54, 1.807) is 0 Å². The standard InChI is InChI=1S/2C52H33N3S/c1-4-15-34(16-5-1)49-53-50(35-17-6-2-7-18-35)55-51(54-49)38-20-14-19-36(31-38)37-27-29-47-43(32-37)44-33-40(28-30-48(44)56-47)52(39-21-8-3-9-22-39)45-25-12-10-23-41(45)42-24-11-13-26-46(42)52;1-4-14-35(15-5-1)49-53-50(36-16-6-2-7-17-36)55-51(54-49)37-26-24-34(25-27-37)38-28-30-47-43(32-38)44-33-40(29-31-48(44)56-47)52(39-18-8-3-9-19-39)45-22-12-10-20-41(45)42-21-11-13-23-46(42)52/h2*1-33H. The highest BCUT2D eigenvalue weighted by molar-refractivity contribution is 7.26. The van der Waals surface area contributed by atoms with Gasteiger partial charge in [0.05, 0.1) is 10.8 Å². The minimum absolute atomic E-state index is 0.430. The molecule has 0 N–H and O–H groups in total. The summed E-state index contributed by atoms with van der Waals surface area (Å²) in [6.07, 6.45) is 0. The monoisotopic (exact) mass is 1460 g/mol. The third-order valence-electron chi connectivity index (χ3n) is 22.5. The number of hydrogen-bond donors (Lipinski definition) is 0. The van der Waals surface area contributed by atoms with Gasteiger partial charge in [0, 0.05) is 73.7 Å². The molecule has 0 bridgehead atoms. The van der Waals surface area contributed by atoms with Crippen LogP contribution in [-0.2, 0) is 10.8 Å². The van der Waals surface area contributed by atoms with Crippen molar-refractivity contribution >= 4 is 63.0 Å².